The van der Waals surface area contributed by atoms with Gasteiger partial charge in [-0.2, -0.15) is 0 Å². The lowest BCUT2D eigenvalue weighted by molar-refractivity contribution is -0.136. The molecule has 0 aliphatic rings. The lowest BCUT2D eigenvalue weighted by Gasteiger charge is -2.21. The van der Waals surface area contributed by atoms with Gasteiger partial charge in [-0.15, -0.1) is 11.3 Å². The zero-order chi connectivity index (χ0) is 21.9. The molecule has 3 aromatic rings. The van der Waals surface area contributed by atoms with Gasteiger partial charge in [0.1, 0.15) is 0 Å². The summed E-state index contributed by atoms with van der Waals surface area (Å²) in [6, 6.07) is 13.7. The normalized spacial score (nSPS) is 11.6. The highest BCUT2D eigenvalue weighted by atomic mass is 35.5. The number of aromatic nitrogens is 1. The highest BCUT2D eigenvalue weighted by Gasteiger charge is 2.28. The summed E-state index contributed by atoms with van der Waals surface area (Å²) in [5, 5.41) is 11.5. The summed E-state index contributed by atoms with van der Waals surface area (Å²) < 4.78 is 27.4. The number of hydrogen-bond acceptors (Lipinski definition) is 5. The fourth-order valence-electron chi connectivity index (χ4n) is 2.80. The lowest BCUT2D eigenvalue weighted by atomic mass is 10.0. The summed E-state index contributed by atoms with van der Waals surface area (Å²) in [5.41, 5.74) is 2.70. The fourth-order valence-corrected chi connectivity index (χ4v) is 5.43. The van der Waals surface area contributed by atoms with Gasteiger partial charge in [0.15, 0.2) is 5.13 Å². The molecule has 1 N–H and O–H groups in total. The molecule has 0 atom stereocenters. The van der Waals surface area contributed by atoms with Gasteiger partial charge in [-0.25, -0.2) is 17.7 Å². The molecule has 9 heteroatoms. The zero-order valence-corrected chi connectivity index (χ0v) is 18.8. The Morgan fingerprint density at radius 2 is 1.77 bits per heavy atom. The van der Waals surface area contributed by atoms with Crippen molar-refractivity contribution >= 4 is 44.1 Å². The first-order chi connectivity index (χ1) is 14.2. The molecule has 30 heavy (non-hydrogen) atoms. The number of carbonyl (C=O) groups is 1. The second-order valence-corrected chi connectivity index (χ2v) is 10.1. The first-order valence-electron chi connectivity index (χ1n) is 9.24. The fraction of sp³-hybridized carbons (Fsp3) is 0.238. The Morgan fingerprint density at radius 1 is 1.13 bits per heavy atom. The van der Waals surface area contributed by atoms with E-state index < -0.39 is 16.0 Å². The Balaban J connectivity index is 1.96. The van der Waals surface area contributed by atoms with Crippen LogP contribution in [-0.4, -0.2) is 31.0 Å². The van der Waals surface area contributed by atoms with E-state index in [1.165, 1.54) is 29.8 Å². The number of hydrogen-bond donors (Lipinski definition) is 1. The van der Waals surface area contributed by atoms with E-state index in [4.69, 9.17) is 16.7 Å². The van der Waals surface area contributed by atoms with Gasteiger partial charge < -0.3 is 5.11 Å². The van der Waals surface area contributed by atoms with E-state index in [0.717, 1.165) is 21.2 Å². The number of carboxylic acid groups (broad SMARTS) is 1. The first kappa shape index (κ1) is 22.3. The molecule has 3 rings (SSSR count). The number of aliphatic carboxylic acids is 1. The number of carboxylic acids is 1. The van der Waals surface area contributed by atoms with Crippen molar-refractivity contribution < 1.29 is 18.3 Å². The van der Waals surface area contributed by atoms with Crippen LogP contribution in [0.4, 0.5) is 5.13 Å². The molecule has 0 saturated carbocycles. The summed E-state index contributed by atoms with van der Waals surface area (Å²) in [5.74, 6) is -0.687. The molecule has 0 aliphatic heterocycles. The second kappa shape index (κ2) is 9.16. The second-order valence-electron chi connectivity index (χ2n) is 6.97. The Morgan fingerprint density at radius 3 is 2.33 bits per heavy atom. The molecule has 158 valence electrons. The quantitative estimate of drug-likeness (QED) is 0.491. The highest BCUT2D eigenvalue weighted by Crippen LogP contribution is 2.32. The molecule has 0 saturated heterocycles. The number of nitrogens with zero attached hydrogens (tertiary/aromatic N) is 2. The topological polar surface area (TPSA) is 87.6 Å². The van der Waals surface area contributed by atoms with E-state index in [0.29, 0.717) is 16.6 Å². The predicted octanol–water partition coefficient (Wildman–Crippen LogP) is 5.26. The Bertz CT molecular complexity index is 1120. The number of sulfonamides is 1. The Hall–Kier alpha value is -2.42. The van der Waals surface area contributed by atoms with Crippen molar-refractivity contribution in [3.63, 3.8) is 0 Å². The molecule has 2 aromatic carbocycles. The summed E-state index contributed by atoms with van der Waals surface area (Å²) in [4.78, 5) is 15.6. The number of benzene rings is 2. The van der Waals surface area contributed by atoms with Crippen LogP contribution in [0.2, 0.25) is 5.02 Å². The lowest BCUT2D eigenvalue weighted by Crippen LogP contribution is -2.33. The number of thiazole rings is 1. The van der Waals surface area contributed by atoms with Gasteiger partial charge in [0.25, 0.3) is 10.0 Å². The SMILES string of the molecule is CC(C)c1ccc(-c2csc(N(CCC(=O)O)S(=O)(=O)c3ccc(Cl)cc3)n2)cc1. The molecule has 6 nitrogen and oxygen atoms in total. The minimum absolute atomic E-state index is 0.0234. The minimum atomic E-state index is -3.99. The zero-order valence-electron chi connectivity index (χ0n) is 16.4. The van der Waals surface area contributed by atoms with Gasteiger partial charge in [-0.05, 0) is 35.7 Å². The maximum Gasteiger partial charge on any atom is 0.305 e. The average molecular weight is 465 g/mol. The number of rotatable bonds is 8. The smallest absolute Gasteiger partial charge is 0.305 e. The van der Waals surface area contributed by atoms with Crippen molar-refractivity contribution in [3.05, 3.63) is 64.5 Å². The van der Waals surface area contributed by atoms with Gasteiger partial charge in [-0.1, -0.05) is 49.7 Å². The Labute approximate surface area is 184 Å². The predicted molar refractivity (Wildman–Crippen MR) is 120 cm³/mol. The number of halogens is 1. The molecule has 1 aromatic heterocycles. The van der Waals surface area contributed by atoms with Crippen LogP contribution in [0.3, 0.4) is 0 Å². The third kappa shape index (κ3) is 5.00. The molecule has 1 heterocycles. The average Bonchev–Trinajstić information content (AvgIpc) is 3.18. The van der Waals surface area contributed by atoms with Crippen LogP contribution in [0.1, 0.15) is 31.7 Å². The standard InChI is InChI=1S/C21H21ClN2O4S2/c1-14(2)15-3-5-16(6-4-15)19-13-29-21(23-19)24(12-11-20(25)26)30(27,28)18-9-7-17(22)8-10-18/h3-10,13-14H,11-12H2,1-2H3,(H,25,26). The van der Waals surface area contributed by atoms with Crippen molar-refractivity contribution in [3.8, 4) is 11.3 Å². The minimum Gasteiger partial charge on any atom is -0.481 e. The van der Waals surface area contributed by atoms with Crippen LogP contribution in [0.5, 0.6) is 0 Å². The van der Waals surface area contributed by atoms with Crippen LogP contribution >= 0.6 is 22.9 Å². The maximum absolute atomic E-state index is 13.2. The molecule has 0 spiro atoms. The van der Waals surface area contributed by atoms with Gasteiger partial charge in [-0.3, -0.25) is 4.79 Å². The summed E-state index contributed by atoms with van der Waals surface area (Å²) >= 11 is 7.02. The molecule has 0 bridgehead atoms. The summed E-state index contributed by atoms with van der Waals surface area (Å²) in [6.45, 7) is 4.00. The van der Waals surface area contributed by atoms with Crippen molar-refractivity contribution in [1.29, 1.82) is 0 Å². The molecule has 0 unspecified atom stereocenters. The highest BCUT2D eigenvalue weighted by molar-refractivity contribution is 7.93. The van der Waals surface area contributed by atoms with Crippen molar-refractivity contribution in [2.45, 2.75) is 31.1 Å². The van der Waals surface area contributed by atoms with Crippen LogP contribution in [0.25, 0.3) is 11.3 Å². The third-order valence-electron chi connectivity index (χ3n) is 4.51. The Kier molecular flexibility index (Phi) is 6.80. The van der Waals surface area contributed by atoms with E-state index >= 15 is 0 Å². The van der Waals surface area contributed by atoms with Crippen molar-refractivity contribution in [1.82, 2.24) is 4.98 Å². The van der Waals surface area contributed by atoms with Crippen LogP contribution < -0.4 is 4.31 Å². The van der Waals surface area contributed by atoms with Crippen LogP contribution in [0, 0.1) is 0 Å². The third-order valence-corrected chi connectivity index (χ3v) is 7.54. The van der Waals surface area contributed by atoms with Gasteiger partial charge in [0.05, 0.1) is 17.0 Å². The van der Waals surface area contributed by atoms with Gasteiger partial charge in [0, 0.05) is 22.5 Å². The molecular formula is C21H21ClN2O4S2. The molecule has 0 aliphatic carbocycles. The summed E-state index contributed by atoms with van der Waals surface area (Å²) in [6.07, 6.45) is -0.342. The van der Waals surface area contributed by atoms with E-state index in [1.54, 1.807) is 5.38 Å². The maximum atomic E-state index is 13.2. The molecule has 0 amide bonds. The largest absolute Gasteiger partial charge is 0.481 e. The first-order valence-corrected chi connectivity index (χ1v) is 11.9. The molecule has 0 radical (unpaired) electrons. The van der Waals surface area contributed by atoms with Gasteiger partial charge >= 0.3 is 5.97 Å². The van der Waals surface area contributed by atoms with E-state index in [-0.39, 0.29) is 23.0 Å². The van der Waals surface area contributed by atoms with Crippen LogP contribution in [0.15, 0.2) is 58.8 Å². The monoisotopic (exact) mass is 464 g/mol. The van der Waals surface area contributed by atoms with E-state index in [2.05, 4.69) is 18.8 Å². The van der Waals surface area contributed by atoms with E-state index in [9.17, 15) is 13.2 Å². The van der Waals surface area contributed by atoms with Crippen molar-refractivity contribution in [2.24, 2.45) is 0 Å². The summed E-state index contributed by atoms with van der Waals surface area (Å²) in [7, 11) is -3.99. The van der Waals surface area contributed by atoms with Gasteiger partial charge in [0.2, 0.25) is 0 Å². The van der Waals surface area contributed by atoms with Crippen LogP contribution in [-0.2, 0) is 14.8 Å². The number of anilines is 1. The molecule has 0 fully saturated rings. The molecular weight excluding hydrogens is 444 g/mol. The van der Waals surface area contributed by atoms with Crippen molar-refractivity contribution in [2.75, 3.05) is 10.8 Å². The van der Waals surface area contributed by atoms with E-state index in [1.807, 2.05) is 24.3 Å².